The fourth-order valence-corrected chi connectivity index (χ4v) is 2.73. The Morgan fingerprint density at radius 2 is 2.20 bits per heavy atom. The molecule has 1 heterocycles. The van der Waals surface area contributed by atoms with Gasteiger partial charge < -0.3 is 4.43 Å². The number of benzene rings is 1. The van der Waals surface area contributed by atoms with E-state index in [0.29, 0.717) is 0 Å². The van der Waals surface area contributed by atoms with Gasteiger partial charge in [-0.1, -0.05) is 12.1 Å². The Labute approximate surface area is 121 Å². The Kier molecular flexibility index (Phi) is 4.73. The van der Waals surface area contributed by atoms with Crippen molar-refractivity contribution in [2.75, 3.05) is 0 Å². The summed E-state index contributed by atoms with van der Waals surface area (Å²) >= 11 is 0. The molecule has 0 N–H and O–H groups in total. The van der Waals surface area contributed by atoms with Crippen molar-refractivity contribution in [2.45, 2.75) is 26.4 Å². The van der Waals surface area contributed by atoms with Gasteiger partial charge in [-0.15, -0.1) is 0 Å². The number of aliphatic imine (C=N–C) groups is 1. The van der Waals surface area contributed by atoms with Crippen LogP contribution >= 0.6 is 0 Å². The van der Waals surface area contributed by atoms with Gasteiger partial charge in [-0.2, -0.15) is 5.10 Å². The van der Waals surface area contributed by atoms with E-state index in [2.05, 4.69) is 36.2 Å². The van der Waals surface area contributed by atoms with E-state index in [1.54, 1.807) is 4.68 Å². The molecule has 0 unspecified atom stereocenters. The minimum absolute atomic E-state index is 0.778. The highest BCUT2D eigenvalue weighted by atomic mass is 28.3. The average Bonchev–Trinajstić information content (AvgIpc) is 2.79. The summed E-state index contributed by atoms with van der Waals surface area (Å²) in [5.41, 5.74) is 3.21. The topological polar surface area (TPSA) is 39.4 Å². The summed E-state index contributed by atoms with van der Waals surface area (Å²) in [5, 5.41) is 4.15. The van der Waals surface area contributed by atoms with Crippen LogP contribution in [-0.4, -0.2) is 25.0 Å². The van der Waals surface area contributed by atoms with Gasteiger partial charge in [0.2, 0.25) is 9.04 Å². The van der Waals surface area contributed by atoms with E-state index in [1.807, 2.05) is 37.8 Å². The molecule has 0 spiro atoms. The van der Waals surface area contributed by atoms with E-state index in [-0.39, 0.29) is 0 Å². The summed E-state index contributed by atoms with van der Waals surface area (Å²) in [6.45, 7) is 6.39. The number of aromatic nitrogens is 2. The maximum absolute atomic E-state index is 5.99. The van der Waals surface area contributed by atoms with Crippen LogP contribution in [0.25, 0.3) is 0 Å². The van der Waals surface area contributed by atoms with Crippen molar-refractivity contribution in [3.8, 4) is 5.75 Å². The summed E-state index contributed by atoms with van der Waals surface area (Å²) in [4.78, 5) is 4.56. The molecule has 0 amide bonds. The zero-order chi connectivity index (χ0) is 14.5. The molecule has 1 aromatic carbocycles. The van der Waals surface area contributed by atoms with Crippen LogP contribution in [0.4, 0.5) is 5.69 Å². The van der Waals surface area contributed by atoms with Crippen LogP contribution in [0.2, 0.25) is 13.1 Å². The Morgan fingerprint density at radius 1 is 1.40 bits per heavy atom. The molecular formula is C15H21N3OSi. The second kappa shape index (κ2) is 6.52. The molecule has 0 radical (unpaired) electrons. The van der Waals surface area contributed by atoms with Crippen LogP contribution in [0.5, 0.6) is 5.75 Å². The summed E-state index contributed by atoms with van der Waals surface area (Å²) in [6.07, 6.45) is 6.56. The molecule has 0 saturated carbocycles. The zero-order valence-corrected chi connectivity index (χ0v) is 13.7. The van der Waals surface area contributed by atoms with Gasteiger partial charge >= 0.3 is 0 Å². The van der Waals surface area contributed by atoms with Crippen molar-refractivity contribution < 1.29 is 4.43 Å². The van der Waals surface area contributed by atoms with Crippen molar-refractivity contribution in [3.63, 3.8) is 0 Å². The molecule has 20 heavy (non-hydrogen) atoms. The lowest BCUT2D eigenvalue weighted by atomic mass is 10.2. The summed E-state index contributed by atoms with van der Waals surface area (Å²) in [6, 6.07) is 6.08. The number of hydrogen-bond acceptors (Lipinski definition) is 3. The first kappa shape index (κ1) is 14.5. The van der Waals surface area contributed by atoms with E-state index in [9.17, 15) is 0 Å². The molecule has 0 atom stereocenters. The minimum atomic E-state index is -1.13. The van der Waals surface area contributed by atoms with Crippen molar-refractivity contribution in [3.05, 3.63) is 41.7 Å². The van der Waals surface area contributed by atoms with Gasteiger partial charge in [0.25, 0.3) is 0 Å². The Bertz CT molecular complexity index is 605. The molecule has 2 aromatic rings. The largest absolute Gasteiger partial charge is 0.545 e. The SMILES string of the molecule is Cc1cccc(N=CCc2cnn(C)c2)c1O[SiH](C)C. The highest BCUT2D eigenvalue weighted by Crippen LogP contribution is 2.31. The van der Waals surface area contributed by atoms with Gasteiger partial charge in [0.05, 0.1) is 6.20 Å². The lowest BCUT2D eigenvalue weighted by Crippen LogP contribution is -2.12. The first-order valence-corrected chi connectivity index (χ1v) is 9.60. The second-order valence-electron chi connectivity index (χ2n) is 5.13. The summed E-state index contributed by atoms with van der Waals surface area (Å²) in [5.74, 6) is 0.927. The van der Waals surface area contributed by atoms with Crippen molar-refractivity contribution in [1.82, 2.24) is 9.78 Å². The Morgan fingerprint density at radius 3 is 2.85 bits per heavy atom. The molecule has 2 rings (SSSR count). The molecule has 0 aliphatic rings. The molecule has 5 heteroatoms. The van der Waals surface area contributed by atoms with Crippen LogP contribution in [0, 0.1) is 6.92 Å². The molecule has 106 valence electrons. The second-order valence-corrected chi connectivity index (χ2v) is 7.46. The third-order valence-corrected chi connectivity index (χ3v) is 3.57. The molecule has 0 aliphatic carbocycles. The summed E-state index contributed by atoms with van der Waals surface area (Å²) in [7, 11) is 0.786. The van der Waals surface area contributed by atoms with Crippen molar-refractivity contribution >= 4 is 20.9 Å². The summed E-state index contributed by atoms with van der Waals surface area (Å²) < 4.78 is 7.79. The average molecular weight is 287 g/mol. The predicted octanol–water partition coefficient (Wildman–Crippen LogP) is 3.04. The highest BCUT2D eigenvalue weighted by Gasteiger charge is 2.07. The normalized spacial score (nSPS) is 11.4. The maximum Gasteiger partial charge on any atom is 0.229 e. The smallest absolute Gasteiger partial charge is 0.229 e. The molecule has 0 aliphatic heterocycles. The lowest BCUT2D eigenvalue weighted by Gasteiger charge is -2.14. The van der Waals surface area contributed by atoms with Crippen molar-refractivity contribution in [2.24, 2.45) is 12.0 Å². The zero-order valence-electron chi connectivity index (χ0n) is 12.5. The fourth-order valence-electron chi connectivity index (χ4n) is 1.95. The van der Waals surface area contributed by atoms with Gasteiger partial charge in [-0.25, -0.2) is 0 Å². The lowest BCUT2D eigenvalue weighted by molar-refractivity contribution is 0.577. The number of aryl methyl sites for hydroxylation is 2. The highest BCUT2D eigenvalue weighted by molar-refractivity contribution is 6.49. The van der Waals surface area contributed by atoms with Gasteiger partial charge in [0.1, 0.15) is 11.4 Å². The molecule has 0 saturated heterocycles. The monoisotopic (exact) mass is 287 g/mol. The first-order chi connectivity index (χ1) is 9.56. The third kappa shape index (κ3) is 3.80. The first-order valence-electron chi connectivity index (χ1n) is 6.82. The number of nitrogens with zero attached hydrogens (tertiary/aromatic N) is 3. The van der Waals surface area contributed by atoms with E-state index >= 15 is 0 Å². The van der Waals surface area contributed by atoms with Gasteiger partial charge in [0, 0.05) is 25.9 Å². The van der Waals surface area contributed by atoms with E-state index in [1.165, 1.54) is 0 Å². The molecule has 4 nitrogen and oxygen atoms in total. The van der Waals surface area contributed by atoms with Gasteiger partial charge in [-0.3, -0.25) is 9.67 Å². The predicted molar refractivity (Wildman–Crippen MR) is 85.7 cm³/mol. The molecule has 0 bridgehead atoms. The molecule has 1 aromatic heterocycles. The number of rotatable bonds is 5. The van der Waals surface area contributed by atoms with Crippen molar-refractivity contribution in [1.29, 1.82) is 0 Å². The quantitative estimate of drug-likeness (QED) is 0.626. The van der Waals surface area contributed by atoms with Crippen LogP contribution < -0.4 is 4.43 Å². The van der Waals surface area contributed by atoms with Crippen LogP contribution in [-0.2, 0) is 13.5 Å². The fraction of sp³-hybridized carbons (Fsp3) is 0.333. The van der Waals surface area contributed by atoms with Crippen LogP contribution in [0.15, 0.2) is 35.6 Å². The maximum atomic E-state index is 5.99. The van der Waals surface area contributed by atoms with Gasteiger partial charge in [0.15, 0.2) is 0 Å². The number of para-hydroxylation sites is 1. The number of hydrogen-bond donors (Lipinski definition) is 0. The minimum Gasteiger partial charge on any atom is -0.545 e. The van der Waals surface area contributed by atoms with Crippen LogP contribution in [0.1, 0.15) is 11.1 Å². The third-order valence-electron chi connectivity index (χ3n) is 2.86. The Balaban J connectivity index is 2.14. The van der Waals surface area contributed by atoms with E-state index in [4.69, 9.17) is 4.43 Å². The molecule has 0 fully saturated rings. The Hall–Kier alpha value is -1.88. The van der Waals surface area contributed by atoms with E-state index in [0.717, 1.165) is 29.0 Å². The van der Waals surface area contributed by atoms with Crippen LogP contribution in [0.3, 0.4) is 0 Å². The standard InChI is InChI=1S/C15H21N3OSi/c1-12-6-5-7-14(15(12)19-20(3)4)16-9-8-13-10-17-18(2)11-13/h5-7,9-11,20H,8H2,1-4H3. The molecular weight excluding hydrogens is 266 g/mol. The van der Waals surface area contributed by atoms with Gasteiger partial charge in [-0.05, 0) is 37.2 Å². The van der Waals surface area contributed by atoms with E-state index < -0.39 is 9.04 Å².